The van der Waals surface area contributed by atoms with E-state index in [1.807, 2.05) is 24.3 Å². The molecule has 104 valence electrons. The molecule has 0 saturated carbocycles. The predicted octanol–water partition coefficient (Wildman–Crippen LogP) is 1.59. The number of ether oxygens (including phenoxy) is 2. The fraction of sp³-hybridized carbons (Fsp3) is 0.500. The van der Waals surface area contributed by atoms with Crippen molar-refractivity contribution in [3.63, 3.8) is 0 Å². The quantitative estimate of drug-likeness (QED) is 0.510. The molecule has 1 saturated heterocycles. The lowest BCUT2D eigenvalue weighted by atomic mass is 10.1. The van der Waals surface area contributed by atoms with Gasteiger partial charge >= 0.3 is 0 Å². The molecule has 1 aliphatic heterocycles. The summed E-state index contributed by atoms with van der Waals surface area (Å²) in [7, 11) is 2.08. The third kappa shape index (κ3) is 3.94. The van der Waals surface area contributed by atoms with E-state index in [9.17, 15) is 0 Å². The number of oxime groups is 1. The summed E-state index contributed by atoms with van der Waals surface area (Å²) in [6, 6.07) is 7.52. The molecule has 1 unspecified atom stereocenters. The number of hydrogen-bond donors (Lipinski definition) is 1. The van der Waals surface area contributed by atoms with Crippen molar-refractivity contribution >= 4 is 5.71 Å². The van der Waals surface area contributed by atoms with Crippen molar-refractivity contribution in [1.82, 2.24) is 4.90 Å². The molecule has 1 heterocycles. The molecule has 0 spiro atoms. The standard InChI is InChI=1S/C14H20N2O3/c1-11(15-17)12-4-3-5-13(8-12)19-10-14-9-16(2)6-7-18-14/h3-5,8,14,17H,6-7,9-10H2,1-2H3. The van der Waals surface area contributed by atoms with Crippen LogP contribution in [0.25, 0.3) is 0 Å². The fourth-order valence-electron chi connectivity index (χ4n) is 2.03. The van der Waals surface area contributed by atoms with Gasteiger partial charge in [0.1, 0.15) is 18.5 Å². The van der Waals surface area contributed by atoms with Crippen LogP contribution in [0.1, 0.15) is 12.5 Å². The lowest BCUT2D eigenvalue weighted by Crippen LogP contribution is -2.42. The molecule has 5 heteroatoms. The van der Waals surface area contributed by atoms with E-state index in [-0.39, 0.29) is 6.10 Å². The van der Waals surface area contributed by atoms with Crippen LogP contribution in [0.2, 0.25) is 0 Å². The van der Waals surface area contributed by atoms with Crippen LogP contribution in [-0.2, 0) is 4.74 Å². The Kier molecular flexibility index (Phi) is 4.76. The van der Waals surface area contributed by atoms with Gasteiger partial charge in [0.25, 0.3) is 0 Å². The Bertz CT molecular complexity index is 448. The Hall–Kier alpha value is -1.59. The Labute approximate surface area is 113 Å². The molecule has 0 bridgehead atoms. The van der Waals surface area contributed by atoms with Gasteiger partial charge in [-0.05, 0) is 26.1 Å². The fourth-order valence-corrected chi connectivity index (χ4v) is 2.03. The Balaban J connectivity index is 1.92. The second kappa shape index (κ2) is 6.54. The van der Waals surface area contributed by atoms with E-state index in [1.54, 1.807) is 6.92 Å². The third-order valence-corrected chi connectivity index (χ3v) is 3.18. The monoisotopic (exact) mass is 264 g/mol. The third-order valence-electron chi connectivity index (χ3n) is 3.18. The zero-order chi connectivity index (χ0) is 13.7. The lowest BCUT2D eigenvalue weighted by molar-refractivity contribution is -0.0403. The van der Waals surface area contributed by atoms with Gasteiger partial charge in [-0.2, -0.15) is 0 Å². The number of rotatable bonds is 4. The number of morpholine rings is 1. The van der Waals surface area contributed by atoms with Crippen molar-refractivity contribution in [2.24, 2.45) is 5.16 Å². The average molecular weight is 264 g/mol. The van der Waals surface area contributed by atoms with Crippen LogP contribution in [0, 0.1) is 0 Å². The highest BCUT2D eigenvalue weighted by Crippen LogP contribution is 2.15. The summed E-state index contributed by atoms with van der Waals surface area (Å²) in [6.07, 6.45) is 0.106. The van der Waals surface area contributed by atoms with Gasteiger partial charge < -0.3 is 19.6 Å². The average Bonchev–Trinajstić information content (AvgIpc) is 2.45. The zero-order valence-electron chi connectivity index (χ0n) is 11.4. The summed E-state index contributed by atoms with van der Waals surface area (Å²) < 4.78 is 11.4. The van der Waals surface area contributed by atoms with Crippen molar-refractivity contribution in [3.8, 4) is 5.75 Å². The van der Waals surface area contributed by atoms with Gasteiger partial charge in [-0.1, -0.05) is 17.3 Å². The minimum atomic E-state index is 0.106. The minimum absolute atomic E-state index is 0.106. The van der Waals surface area contributed by atoms with E-state index in [4.69, 9.17) is 14.7 Å². The molecular formula is C14H20N2O3. The van der Waals surface area contributed by atoms with Gasteiger partial charge in [0.2, 0.25) is 0 Å². The first-order valence-electron chi connectivity index (χ1n) is 6.41. The van der Waals surface area contributed by atoms with Crippen LogP contribution in [-0.4, -0.2) is 55.3 Å². The van der Waals surface area contributed by atoms with E-state index >= 15 is 0 Å². The largest absolute Gasteiger partial charge is 0.491 e. The van der Waals surface area contributed by atoms with E-state index in [0.29, 0.717) is 12.3 Å². The molecule has 0 amide bonds. The second-order valence-corrected chi connectivity index (χ2v) is 4.78. The van der Waals surface area contributed by atoms with Crippen molar-refractivity contribution in [2.75, 3.05) is 33.4 Å². The molecule has 1 aromatic rings. The Morgan fingerprint density at radius 1 is 1.58 bits per heavy atom. The smallest absolute Gasteiger partial charge is 0.120 e. The number of nitrogens with zero attached hydrogens (tertiary/aromatic N) is 2. The van der Waals surface area contributed by atoms with Crippen molar-refractivity contribution < 1.29 is 14.7 Å². The van der Waals surface area contributed by atoms with Crippen LogP contribution in [0.5, 0.6) is 5.75 Å². The highest BCUT2D eigenvalue weighted by atomic mass is 16.5. The molecule has 5 nitrogen and oxygen atoms in total. The lowest BCUT2D eigenvalue weighted by Gasteiger charge is -2.29. The maximum absolute atomic E-state index is 8.76. The van der Waals surface area contributed by atoms with Gasteiger partial charge in [0, 0.05) is 18.7 Å². The molecule has 1 atom stereocenters. The zero-order valence-corrected chi connectivity index (χ0v) is 11.4. The van der Waals surface area contributed by atoms with Crippen LogP contribution in [0.15, 0.2) is 29.4 Å². The van der Waals surface area contributed by atoms with Gasteiger partial charge in [0.05, 0.1) is 12.3 Å². The second-order valence-electron chi connectivity index (χ2n) is 4.78. The van der Waals surface area contributed by atoms with Crippen LogP contribution < -0.4 is 4.74 Å². The van der Waals surface area contributed by atoms with Crippen LogP contribution in [0.3, 0.4) is 0 Å². The molecule has 19 heavy (non-hydrogen) atoms. The van der Waals surface area contributed by atoms with Crippen molar-refractivity contribution in [3.05, 3.63) is 29.8 Å². The normalized spacial score (nSPS) is 21.4. The number of hydrogen-bond acceptors (Lipinski definition) is 5. The van der Waals surface area contributed by atoms with E-state index in [1.165, 1.54) is 0 Å². The van der Waals surface area contributed by atoms with Crippen molar-refractivity contribution in [1.29, 1.82) is 0 Å². The molecule has 0 aromatic heterocycles. The molecule has 1 fully saturated rings. The van der Waals surface area contributed by atoms with Gasteiger partial charge in [-0.3, -0.25) is 0 Å². The Morgan fingerprint density at radius 2 is 2.42 bits per heavy atom. The molecule has 2 rings (SSSR count). The minimum Gasteiger partial charge on any atom is -0.491 e. The molecule has 0 aliphatic carbocycles. The van der Waals surface area contributed by atoms with Gasteiger partial charge in [-0.15, -0.1) is 0 Å². The summed E-state index contributed by atoms with van der Waals surface area (Å²) in [4.78, 5) is 2.23. The van der Waals surface area contributed by atoms with Crippen LogP contribution in [0.4, 0.5) is 0 Å². The summed E-state index contributed by atoms with van der Waals surface area (Å²) >= 11 is 0. The SMILES string of the molecule is CC(=NO)c1cccc(OCC2CN(C)CCO2)c1. The van der Waals surface area contributed by atoms with Gasteiger partial charge in [0.15, 0.2) is 0 Å². The molecular weight excluding hydrogens is 244 g/mol. The first-order valence-corrected chi connectivity index (χ1v) is 6.41. The molecule has 1 aromatic carbocycles. The summed E-state index contributed by atoms with van der Waals surface area (Å²) in [5.41, 5.74) is 1.42. The van der Waals surface area contributed by atoms with Gasteiger partial charge in [-0.25, -0.2) is 0 Å². The molecule has 0 radical (unpaired) electrons. The predicted molar refractivity (Wildman–Crippen MR) is 73.2 cm³/mol. The first kappa shape index (κ1) is 13.8. The number of benzene rings is 1. The summed E-state index contributed by atoms with van der Waals surface area (Å²) in [6.45, 7) is 4.89. The maximum atomic E-state index is 8.76. The van der Waals surface area contributed by atoms with E-state index in [2.05, 4.69) is 17.1 Å². The maximum Gasteiger partial charge on any atom is 0.120 e. The molecule has 1 aliphatic rings. The van der Waals surface area contributed by atoms with Crippen molar-refractivity contribution in [2.45, 2.75) is 13.0 Å². The van der Waals surface area contributed by atoms with E-state index in [0.717, 1.165) is 31.0 Å². The Morgan fingerprint density at radius 3 is 3.16 bits per heavy atom. The highest BCUT2D eigenvalue weighted by Gasteiger charge is 2.18. The van der Waals surface area contributed by atoms with E-state index < -0.39 is 0 Å². The topological polar surface area (TPSA) is 54.3 Å². The first-order chi connectivity index (χ1) is 9.19. The molecule has 1 N–H and O–H groups in total. The summed E-state index contributed by atoms with van der Waals surface area (Å²) in [5.74, 6) is 0.761. The highest BCUT2D eigenvalue weighted by molar-refractivity contribution is 5.98. The van der Waals surface area contributed by atoms with Crippen LogP contribution >= 0.6 is 0 Å². The summed E-state index contributed by atoms with van der Waals surface area (Å²) in [5, 5.41) is 12.0. The number of likely N-dealkylation sites (N-methyl/N-ethyl adjacent to an activating group) is 1.